The smallest absolute Gasteiger partial charge is 0.0196 e. The van der Waals surface area contributed by atoms with Gasteiger partial charge in [-0.3, -0.25) is 0 Å². The van der Waals surface area contributed by atoms with Crippen molar-refractivity contribution in [2.24, 2.45) is 0 Å². The van der Waals surface area contributed by atoms with Gasteiger partial charge in [0.15, 0.2) is 0 Å². The highest BCUT2D eigenvalue weighted by molar-refractivity contribution is 4.90. The number of rotatable bonds is 0. The summed E-state index contributed by atoms with van der Waals surface area (Å²) in [7, 11) is 0. The van der Waals surface area contributed by atoms with E-state index in [9.17, 15) is 0 Å². The Labute approximate surface area is 49.7 Å². The standard InChI is InChI=1S/C6H12N2/c1-2-6-4-7-3-5(1)8-6/h5-8H,1-4H2/t5-,6?/m0/s1. The van der Waals surface area contributed by atoms with E-state index in [-0.39, 0.29) is 0 Å². The molecular weight excluding hydrogens is 100 g/mol. The molecule has 2 aliphatic heterocycles. The average Bonchev–Trinajstić information content (AvgIpc) is 2.12. The molecule has 0 aromatic carbocycles. The molecule has 2 saturated heterocycles. The number of nitrogens with one attached hydrogen (secondary N) is 2. The Morgan fingerprint density at radius 2 is 1.62 bits per heavy atom. The van der Waals surface area contributed by atoms with E-state index in [2.05, 4.69) is 10.6 Å². The van der Waals surface area contributed by atoms with Gasteiger partial charge in [-0.15, -0.1) is 0 Å². The lowest BCUT2D eigenvalue weighted by molar-refractivity contribution is 0.423. The van der Waals surface area contributed by atoms with Gasteiger partial charge in [0.1, 0.15) is 0 Å². The molecule has 2 aliphatic rings. The molecule has 2 heterocycles. The first-order valence-corrected chi connectivity index (χ1v) is 3.42. The summed E-state index contributed by atoms with van der Waals surface area (Å²) >= 11 is 0. The zero-order valence-corrected chi connectivity index (χ0v) is 4.98. The first-order chi connectivity index (χ1) is 3.95. The van der Waals surface area contributed by atoms with E-state index in [1.54, 1.807) is 0 Å². The topological polar surface area (TPSA) is 24.1 Å². The summed E-state index contributed by atoms with van der Waals surface area (Å²) < 4.78 is 0. The summed E-state index contributed by atoms with van der Waals surface area (Å²) in [6.45, 7) is 2.38. The van der Waals surface area contributed by atoms with Gasteiger partial charge in [-0.1, -0.05) is 0 Å². The van der Waals surface area contributed by atoms with Crippen molar-refractivity contribution in [1.29, 1.82) is 0 Å². The molecule has 46 valence electrons. The second-order valence-corrected chi connectivity index (χ2v) is 2.80. The van der Waals surface area contributed by atoms with Gasteiger partial charge in [0, 0.05) is 25.2 Å². The number of hydrogen-bond donors (Lipinski definition) is 2. The zero-order chi connectivity index (χ0) is 5.40. The molecule has 2 fully saturated rings. The first-order valence-electron chi connectivity index (χ1n) is 3.42. The van der Waals surface area contributed by atoms with Crippen LogP contribution in [0.1, 0.15) is 12.8 Å². The molecule has 0 aliphatic carbocycles. The van der Waals surface area contributed by atoms with Crippen molar-refractivity contribution >= 4 is 0 Å². The van der Waals surface area contributed by atoms with Crippen LogP contribution in [0.15, 0.2) is 0 Å². The molecule has 0 saturated carbocycles. The van der Waals surface area contributed by atoms with Crippen LogP contribution in [0.4, 0.5) is 0 Å². The SMILES string of the molecule is C1C[C@H]2CNCC1N2. The Kier molecular flexibility index (Phi) is 1.02. The van der Waals surface area contributed by atoms with Gasteiger partial charge < -0.3 is 10.6 Å². The molecular formula is C6H12N2. The number of piperazine rings is 1. The van der Waals surface area contributed by atoms with Gasteiger partial charge in [-0.25, -0.2) is 0 Å². The third-order valence-corrected chi connectivity index (χ3v) is 2.12. The van der Waals surface area contributed by atoms with Crippen LogP contribution in [0.2, 0.25) is 0 Å². The van der Waals surface area contributed by atoms with Gasteiger partial charge in [0.2, 0.25) is 0 Å². The molecule has 2 nitrogen and oxygen atoms in total. The van der Waals surface area contributed by atoms with Crippen molar-refractivity contribution in [3.8, 4) is 0 Å². The molecule has 0 aromatic heterocycles. The van der Waals surface area contributed by atoms with Crippen LogP contribution in [0.3, 0.4) is 0 Å². The monoisotopic (exact) mass is 112 g/mol. The van der Waals surface area contributed by atoms with Crippen LogP contribution in [0.5, 0.6) is 0 Å². The van der Waals surface area contributed by atoms with Crippen LogP contribution in [-0.2, 0) is 0 Å². The largest absolute Gasteiger partial charge is 0.314 e. The molecule has 2 atom stereocenters. The van der Waals surface area contributed by atoms with E-state index in [4.69, 9.17) is 0 Å². The lowest BCUT2D eigenvalue weighted by Gasteiger charge is -2.21. The highest BCUT2D eigenvalue weighted by Crippen LogP contribution is 2.13. The van der Waals surface area contributed by atoms with E-state index in [0.29, 0.717) is 0 Å². The highest BCUT2D eigenvalue weighted by atomic mass is 15.1. The maximum absolute atomic E-state index is 3.53. The van der Waals surface area contributed by atoms with E-state index < -0.39 is 0 Å². The molecule has 0 radical (unpaired) electrons. The number of hydrogen-bond acceptors (Lipinski definition) is 2. The summed E-state index contributed by atoms with van der Waals surface area (Å²) in [4.78, 5) is 0. The van der Waals surface area contributed by atoms with E-state index >= 15 is 0 Å². The first kappa shape index (κ1) is 4.77. The Morgan fingerprint density at radius 3 is 2.12 bits per heavy atom. The van der Waals surface area contributed by atoms with Gasteiger partial charge in [-0.05, 0) is 12.8 Å². The third-order valence-electron chi connectivity index (χ3n) is 2.12. The number of fused-ring (bicyclic) bond motifs is 2. The Balaban J connectivity index is 2.03. The Bertz CT molecular complexity index is 78.5. The molecule has 0 aromatic rings. The molecule has 0 spiro atoms. The molecule has 2 heteroatoms. The quantitative estimate of drug-likeness (QED) is 0.450. The minimum atomic E-state index is 0.800. The van der Waals surface area contributed by atoms with Crippen molar-refractivity contribution < 1.29 is 0 Å². The normalized spacial score (nSPS) is 45.0. The molecule has 2 bridgehead atoms. The van der Waals surface area contributed by atoms with Crippen LogP contribution >= 0.6 is 0 Å². The van der Waals surface area contributed by atoms with Crippen molar-refractivity contribution in [2.45, 2.75) is 24.9 Å². The fraction of sp³-hybridized carbons (Fsp3) is 1.00. The molecule has 2 rings (SSSR count). The van der Waals surface area contributed by atoms with Crippen molar-refractivity contribution in [3.63, 3.8) is 0 Å². The maximum atomic E-state index is 3.53. The lowest BCUT2D eigenvalue weighted by atomic mass is 10.2. The Hall–Kier alpha value is -0.0800. The van der Waals surface area contributed by atoms with E-state index in [1.165, 1.54) is 25.9 Å². The second-order valence-electron chi connectivity index (χ2n) is 2.80. The predicted molar refractivity (Wildman–Crippen MR) is 32.8 cm³/mol. The summed E-state index contributed by atoms with van der Waals surface area (Å²) in [5, 5.41) is 6.91. The van der Waals surface area contributed by atoms with Crippen LogP contribution in [-0.4, -0.2) is 25.2 Å². The minimum Gasteiger partial charge on any atom is -0.314 e. The van der Waals surface area contributed by atoms with Gasteiger partial charge in [0.05, 0.1) is 0 Å². The van der Waals surface area contributed by atoms with Crippen LogP contribution in [0, 0.1) is 0 Å². The summed E-state index contributed by atoms with van der Waals surface area (Å²) in [6.07, 6.45) is 2.77. The molecule has 1 unspecified atom stereocenters. The predicted octanol–water partition coefficient (Wildman–Crippen LogP) is -0.290. The van der Waals surface area contributed by atoms with E-state index in [0.717, 1.165) is 12.1 Å². The summed E-state index contributed by atoms with van der Waals surface area (Å²) in [5.41, 5.74) is 0. The summed E-state index contributed by atoms with van der Waals surface area (Å²) in [6, 6.07) is 1.60. The van der Waals surface area contributed by atoms with E-state index in [1.807, 2.05) is 0 Å². The van der Waals surface area contributed by atoms with Crippen molar-refractivity contribution in [3.05, 3.63) is 0 Å². The molecule has 0 amide bonds. The third kappa shape index (κ3) is 0.644. The van der Waals surface area contributed by atoms with Crippen LogP contribution < -0.4 is 10.6 Å². The molecule has 8 heavy (non-hydrogen) atoms. The fourth-order valence-electron chi connectivity index (χ4n) is 1.66. The van der Waals surface area contributed by atoms with Gasteiger partial charge in [-0.2, -0.15) is 0 Å². The van der Waals surface area contributed by atoms with Gasteiger partial charge >= 0.3 is 0 Å². The average molecular weight is 112 g/mol. The molecule has 2 N–H and O–H groups in total. The minimum absolute atomic E-state index is 0.800. The van der Waals surface area contributed by atoms with Crippen LogP contribution in [0.25, 0.3) is 0 Å². The second kappa shape index (κ2) is 1.71. The highest BCUT2D eigenvalue weighted by Gasteiger charge is 2.26. The Morgan fingerprint density at radius 1 is 1.00 bits per heavy atom. The van der Waals surface area contributed by atoms with Gasteiger partial charge in [0.25, 0.3) is 0 Å². The fourth-order valence-corrected chi connectivity index (χ4v) is 1.66. The maximum Gasteiger partial charge on any atom is 0.0196 e. The lowest BCUT2D eigenvalue weighted by Crippen LogP contribution is -2.48. The van der Waals surface area contributed by atoms with Crippen molar-refractivity contribution in [1.82, 2.24) is 10.6 Å². The zero-order valence-electron chi connectivity index (χ0n) is 4.98. The summed E-state index contributed by atoms with van der Waals surface area (Å²) in [5.74, 6) is 0. The van der Waals surface area contributed by atoms with Crippen molar-refractivity contribution in [2.75, 3.05) is 13.1 Å².